The molecule has 0 spiro atoms. The molecule has 0 aliphatic carbocycles. The van der Waals surface area contributed by atoms with Gasteiger partial charge in [-0.2, -0.15) is 5.26 Å². The quantitative estimate of drug-likeness (QED) is 0.511. The minimum absolute atomic E-state index is 0.0648. The third-order valence-corrected chi connectivity index (χ3v) is 3.83. The van der Waals surface area contributed by atoms with Gasteiger partial charge in [0.1, 0.15) is 5.75 Å². The van der Waals surface area contributed by atoms with Crippen LogP contribution in [0.5, 0.6) is 5.75 Å². The van der Waals surface area contributed by atoms with E-state index in [4.69, 9.17) is 4.74 Å². The fourth-order valence-corrected chi connectivity index (χ4v) is 2.34. The molecule has 0 atom stereocenters. The largest absolute Gasteiger partial charge is 0.545 e. The summed E-state index contributed by atoms with van der Waals surface area (Å²) in [5.41, 5.74) is 2.67. The van der Waals surface area contributed by atoms with Gasteiger partial charge in [0.2, 0.25) is 0 Å². The molecule has 0 amide bonds. The lowest BCUT2D eigenvalue weighted by molar-refractivity contribution is -0.299. The molecular formula is C23H26NO3-. The Bertz CT molecular complexity index is 778. The van der Waals surface area contributed by atoms with Crippen molar-refractivity contribution in [3.05, 3.63) is 66.2 Å². The summed E-state index contributed by atoms with van der Waals surface area (Å²) in [5.74, 6) is -0.327. The smallest absolute Gasteiger partial charge is 0.127 e. The molecule has 0 heterocycles. The van der Waals surface area contributed by atoms with Gasteiger partial charge < -0.3 is 14.6 Å². The maximum Gasteiger partial charge on any atom is 0.127 e. The van der Waals surface area contributed by atoms with Gasteiger partial charge in [-0.15, -0.1) is 0 Å². The van der Waals surface area contributed by atoms with Gasteiger partial charge in [-0.1, -0.05) is 69.2 Å². The van der Waals surface area contributed by atoms with Gasteiger partial charge in [0.25, 0.3) is 0 Å². The summed E-state index contributed by atoms with van der Waals surface area (Å²) in [6.07, 6.45) is 4.75. The molecule has 0 saturated heterocycles. The molecule has 0 radical (unpaired) electrons. The van der Waals surface area contributed by atoms with E-state index < -0.39 is 5.97 Å². The predicted octanol–water partition coefficient (Wildman–Crippen LogP) is 4.50. The highest BCUT2D eigenvalue weighted by Crippen LogP contribution is 2.32. The highest BCUT2D eigenvalue weighted by atomic mass is 16.5. The second-order valence-electron chi connectivity index (χ2n) is 6.13. The van der Waals surface area contributed by atoms with Crippen molar-refractivity contribution in [2.75, 3.05) is 6.61 Å². The zero-order valence-electron chi connectivity index (χ0n) is 16.0. The third kappa shape index (κ3) is 7.79. The third-order valence-electron chi connectivity index (χ3n) is 3.83. The summed E-state index contributed by atoms with van der Waals surface area (Å²) < 4.78 is 5.93. The molecule has 4 heteroatoms. The van der Waals surface area contributed by atoms with Crippen LogP contribution in [0.1, 0.15) is 45.1 Å². The summed E-state index contributed by atoms with van der Waals surface area (Å²) in [6.45, 7) is 7.41. The van der Waals surface area contributed by atoms with E-state index in [1.54, 1.807) is 0 Å². The molecule has 0 aliphatic heterocycles. The number of nitriles is 1. The van der Waals surface area contributed by atoms with E-state index in [0.717, 1.165) is 29.9 Å². The Kier molecular flexibility index (Phi) is 10.0. The van der Waals surface area contributed by atoms with Gasteiger partial charge in [0.15, 0.2) is 0 Å². The van der Waals surface area contributed by atoms with Crippen LogP contribution in [0.15, 0.2) is 60.7 Å². The Labute approximate surface area is 161 Å². The van der Waals surface area contributed by atoms with Crippen LogP contribution in [-0.2, 0) is 4.79 Å². The fourth-order valence-electron chi connectivity index (χ4n) is 2.34. The zero-order valence-corrected chi connectivity index (χ0v) is 16.0. The van der Waals surface area contributed by atoms with Crippen LogP contribution in [0.2, 0.25) is 0 Å². The van der Waals surface area contributed by atoms with E-state index in [0.29, 0.717) is 5.56 Å². The van der Waals surface area contributed by atoms with E-state index in [1.165, 1.54) is 26.2 Å². The molecule has 0 saturated carbocycles. The number of rotatable bonds is 8. The number of ether oxygens (including phenoxy) is 1. The number of hydrogen-bond donors (Lipinski definition) is 0. The van der Waals surface area contributed by atoms with Crippen molar-refractivity contribution in [1.29, 1.82) is 5.26 Å². The average Bonchev–Trinajstić information content (AvgIpc) is 2.68. The second kappa shape index (κ2) is 12.3. The van der Waals surface area contributed by atoms with E-state index in [1.807, 2.05) is 48.5 Å². The first-order valence-corrected chi connectivity index (χ1v) is 9.09. The molecule has 4 nitrogen and oxygen atoms in total. The summed E-state index contributed by atoms with van der Waals surface area (Å²) >= 11 is 0. The summed E-state index contributed by atoms with van der Waals surface area (Å²) in [5, 5.41) is 18.7. The number of hydrogen-bond acceptors (Lipinski definition) is 4. The van der Waals surface area contributed by atoms with Crippen LogP contribution in [0.25, 0.3) is 11.1 Å². The number of aliphatic carboxylic acids is 1. The average molecular weight is 364 g/mol. The zero-order chi connectivity index (χ0) is 20.1. The molecule has 2 aromatic carbocycles. The molecule has 27 heavy (non-hydrogen) atoms. The first-order valence-electron chi connectivity index (χ1n) is 9.09. The number of benzene rings is 2. The van der Waals surface area contributed by atoms with Gasteiger partial charge in [-0.05, 0) is 31.1 Å². The normalized spacial score (nSPS) is 9.52. The molecule has 0 N–H and O–H groups in total. The van der Waals surface area contributed by atoms with Gasteiger partial charge in [0.05, 0.1) is 24.2 Å². The Morgan fingerprint density at radius 2 is 1.67 bits per heavy atom. The second-order valence-corrected chi connectivity index (χ2v) is 6.13. The van der Waals surface area contributed by atoms with Crippen molar-refractivity contribution >= 4 is 5.97 Å². The van der Waals surface area contributed by atoms with Crippen LogP contribution in [0.3, 0.4) is 0 Å². The van der Waals surface area contributed by atoms with Crippen molar-refractivity contribution in [3.63, 3.8) is 0 Å². The van der Waals surface area contributed by atoms with Crippen molar-refractivity contribution in [1.82, 2.24) is 0 Å². The van der Waals surface area contributed by atoms with E-state index >= 15 is 0 Å². The lowest BCUT2D eigenvalue weighted by atomic mass is 9.99. The topological polar surface area (TPSA) is 73.2 Å². The maximum absolute atomic E-state index is 9.49. The highest BCUT2D eigenvalue weighted by molar-refractivity contribution is 5.82. The van der Waals surface area contributed by atoms with Crippen LogP contribution >= 0.6 is 0 Å². The summed E-state index contributed by atoms with van der Waals surface area (Å²) in [4.78, 5) is 9.49. The minimum atomic E-state index is -1.19. The van der Waals surface area contributed by atoms with Crippen molar-refractivity contribution < 1.29 is 14.6 Å². The molecular weight excluding hydrogens is 338 g/mol. The maximum atomic E-state index is 9.49. The number of carbonyl (C=O) groups excluding carboxylic acids is 1. The molecule has 2 aromatic rings. The minimum Gasteiger partial charge on any atom is -0.545 e. The van der Waals surface area contributed by atoms with E-state index in [2.05, 4.69) is 19.6 Å². The number of nitrogens with zero attached hydrogens (tertiary/aromatic N) is 1. The van der Waals surface area contributed by atoms with E-state index in [-0.39, 0.29) is 5.57 Å². The molecule has 0 aliphatic rings. The van der Waals surface area contributed by atoms with Crippen molar-refractivity contribution in [3.8, 4) is 22.9 Å². The van der Waals surface area contributed by atoms with Gasteiger partial charge in [-0.25, -0.2) is 0 Å². The number of carboxylic acids is 1. The number of para-hydroxylation sites is 1. The first-order chi connectivity index (χ1) is 13.0. The number of carboxylic acid groups (broad SMARTS) is 1. The van der Waals surface area contributed by atoms with Gasteiger partial charge in [-0.3, -0.25) is 0 Å². The van der Waals surface area contributed by atoms with Crippen molar-refractivity contribution in [2.24, 2.45) is 0 Å². The molecule has 0 aromatic heterocycles. The first kappa shape index (κ1) is 22.0. The highest BCUT2D eigenvalue weighted by Gasteiger charge is 2.09. The summed E-state index contributed by atoms with van der Waals surface area (Å²) in [7, 11) is 0. The Morgan fingerprint density at radius 3 is 2.26 bits per heavy atom. The molecule has 0 unspecified atom stereocenters. The Balaban J connectivity index is 0.000000527. The van der Waals surface area contributed by atoms with Crippen LogP contribution in [0, 0.1) is 11.3 Å². The van der Waals surface area contributed by atoms with Crippen LogP contribution < -0.4 is 9.84 Å². The van der Waals surface area contributed by atoms with Gasteiger partial charge >= 0.3 is 0 Å². The standard InChI is InChI=1S/C19H21NO.C4H6O2/c1-2-3-4-9-14-21-19-13-8-7-12-18(19)17-11-6-5-10-16(17)15-20;1-3(2)4(5)6/h5-8,10-13H,2-4,9,14H2,1H3;1H2,2H3,(H,5,6)/p-1. The Hall–Kier alpha value is -3.06. The Morgan fingerprint density at radius 1 is 1.07 bits per heavy atom. The molecule has 0 bridgehead atoms. The van der Waals surface area contributed by atoms with Crippen LogP contribution in [0.4, 0.5) is 0 Å². The predicted molar refractivity (Wildman–Crippen MR) is 106 cm³/mol. The van der Waals surface area contributed by atoms with Gasteiger partial charge in [0, 0.05) is 11.1 Å². The summed E-state index contributed by atoms with van der Waals surface area (Å²) in [6, 6.07) is 17.8. The molecule has 142 valence electrons. The lowest BCUT2D eigenvalue weighted by Gasteiger charge is -2.12. The monoisotopic (exact) mass is 364 g/mol. The fraction of sp³-hybridized carbons (Fsp3) is 0.304. The number of carbonyl (C=O) groups is 1. The molecule has 2 rings (SSSR count). The van der Waals surface area contributed by atoms with E-state index in [9.17, 15) is 15.2 Å². The SMILES string of the molecule is C=C(C)C(=O)[O-].CCCCCCOc1ccccc1-c1ccccc1C#N. The van der Waals surface area contributed by atoms with Crippen molar-refractivity contribution in [2.45, 2.75) is 39.5 Å². The molecule has 0 fully saturated rings. The lowest BCUT2D eigenvalue weighted by Crippen LogP contribution is -2.22. The number of unbranched alkanes of at least 4 members (excludes halogenated alkanes) is 3. The van der Waals surface area contributed by atoms with Crippen LogP contribution in [-0.4, -0.2) is 12.6 Å².